The third kappa shape index (κ3) is 5.62. The van der Waals surface area contributed by atoms with Crippen LogP contribution >= 0.6 is 0 Å². The lowest BCUT2D eigenvalue weighted by Gasteiger charge is -2.41. The average Bonchev–Trinajstić information content (AvgIpc) is 3.39. The summed E-state index contributed by atoms with van der Waals surface area (Å²) in [7, 11) is 1.37. The fourth-order valence-corrected chi connectivity index (χ4v) is 5.92. The first-order valence-corrected chi connectivity index (χ1v) is 14.9. The Bertz CT molecular complexity index is 1880. The molecule has 4 aromatic rings. The van der Waals surface area contributed by atoms with Crippen molar-refractivity contribution in [1.82, 2.24) is 20.6 Å². The zero-order chi connectivity index (χ0) is 33.8. The quantitative estimate of drug-likeness (QED) is 0.220. The zero-order valence-corrected chi connectivity index (χ0v) is 25.8. The minimum absolute atomic E-state index is 0.0251. The Morgan fingerprint density at radius 2 is 1.81 bits per heavy atom. The van der Waals surface area contributed by atoms with Crippen LogP contribution < -0.4 is 20.1 Å². The number of pyridine rings is 2. The second kappa shape index (κ2) is 11.5. The van der Waals surface area contributed by atoms with Crippen LogP contribution in [0.2, 0.25) is 0 Å². The number of carbonyl (C=O) groups excluding carboxylic acids is 2. The number of aromatic nitrogens is 2. The summed E-state index contributed by atoms with van der Waals surface area (Å²) in [6.07, 6.45) is -1.39. The first kappa shape index (κ1) is 32.2. The highest BCUT2D eigenvalue weighted by Crippen LogP contribution is 2.48. The molecule has 3 heterocycles. The lowest BCUT2D eigenvalue weighted by molar-refractivity contribution is -0.265. The molecule has 47 heavy (non-hydrogen) atoms. The van der Waals surface area contributed by atoms with Crippen LogP contribution in [0.4, 0.5) is 17.6 Å². The molecular formula is C34H32F4N4O5. The molecule has 0 unspecified atom stereocenters. The maximum atomic E-state index is 14.9. The van der Waals surface area contributed by atoms with E-state index in [1.807, 2.05) is 6.92 Å². The number of alkyl halides is 3. The molecule has 0 radical (unpaired) electrons. The van der Waals surface area contributed by atoms with E-state index in [4.69, 9.17) is 9.47 Å². The molecule has 2 aromatic carbocycles. The van der Waals surface area contributed by atoms with Crippen molar-refractivity contribution in [2.75, 3.05) is 20.3 Å². The highest BCUT2D eigenvalue weighted by atomic mass is 19.4. The van der Waals surface area contributed by atoms with E-state index in [-0.39, 0.29) is 40.5 Å². The van der Waals surface area contributed by atoms with E-state index >= 15 is 0 Å². The predicted octanol–water partition coefficient (Wildman–Crippen LogP) is 5.33. The largest absolute Gasteiger partial charge is 0.494 e. The Hall–Kier alpha value is -4.78. The number of amides is 2. The lowest BCUT2D eigenvalue weighted by atomic mass is 9.76. The van der Waals surface area contributed by atoms with Gasteiger partial charge in [-0.05, 0) is 81.6 Å². The molecule has 9 nitrogen and oxygen atoms in total. The summed E-state index contributed by atoms with van der Waals surface area (Å²) in [6, 6.07) is 11.9. The van der Waals surface area contributed by atoms with Crippen LogP contribution in [0.3, 0.4) is 0 Å². The van der Waals surface area contributed by atoms with Gasteiger partial charge in [-0.1, -0.05) is 6.07 Å². The molecule has 2 aliphatic rings. The normalized spacial score (nSPS) is 19.6. The fourth-order valence-electron chi connectivity index (χ4n) is 5.92. The number of nitrogens with one attached hydrogen (secondary N) is 2. The summed E-state index contributed by atoms with van der Waals surface area (Å²) in [4.78, 5) is 35.3. The minimum Gasteiger partial charge on any atom is -0.494 e. The standard InChI is InChI=1S/C34H32F4N4O5/c1-31(11-5-12-31)42-30(44)32(2)18-47-28-23(32)16-25(41-27(28)19-7-9-22(35)10-8-19)33(45,34(36,37)38)17-40-29(43)21-14-20-6-4-13-39-26(20)24(15-21)46-3/h4,6-10,13-16,45H,5,11-12,17-18H2,1-3H3,(H,40,43)(H,42,44)/t32-,33-/m0/s1. The topological polar surface area (TPSA) is 123 Å². The number of methoxy groups -OCH3 is 1. The van der Waals surface area contributed by atoms with E-state index in [1.54, 1.807) is 19.1 Å². The number of carbonyl (C=O) groups is 2. The molecular weight excluding hydrogens is 620 g/mol. The molecule has 1 fully saturated rings. The Morgan fingerprint density at radius 1 is 1.09 bits per heavy atom. The Kier molecular flexibility index (Phi) is 7.86. The zero-order valence-electron chi connectivity index (χ0n) is 25.8. The molecule has 0 spiro atoms. The monoisotopic (exact) mass is 652 g/mol. The van der Waals surface area contributed by atoms with Gasteiger partial charge in [0, 0.05) is 33.8 Å². The van der Waals surface area contributed by atoms with Crippen LogP contribution in [0.25, 0.3) is 22.2 Å². The second-order valence-corrected chi connectivity index (χ2v) is 12.5. The maximum Gasteiger partial charge on any atom is 0.424 e. The van der Waals surface area contributed by atoms with Gasteiger partial charge in [-0.25, -0.2) is 9.37 Å². The predicted molar refractivity (Wildman–Crippen MR) is 163 cm³/mol. The summed E-state index contributed by atoms with van der Waals surface area (Å²) in [5.41, 5.74) is -5.92. The molecule has 3 N–H and O–H groups in total. The molecule has 0 bridgehead atoms. The van der Waals surface area contributed by atoms with Gasteiger partial charge < -0.3 is 25.2 Å². The average molecular weight is 653 g/mol. The number of hydrogen-bond acceptors (Lipinski definition) is 7. The highest BCUT2D eigenvalue weighted by molar-refractivity contribution is 6.00. The van der Waals surface area contributed by atoms with E-state index in [2.05, 4.69) is 20.6 Å². The summed E-state index contributed by atoms with van der Waals surface area (Å²) >= 11 is 0. The third-order valence-electron chi connectivity index (χ3n) is 9.11. The number of nitrogens with zero attached hydrogens (tertiary/aromatic N) is 2. The van der Waals surface area contributed by atoms with Gasteiger partial charge in [-0.3, -0.25) is 14.6 Å². The molecule has 6 rings (SSSR count). The van der Waals surface area contributed by atoms with Gasteiger partial charge in [0.05, 0.1) is 19.3 Å². The summed E-state index contributed by atoms with van der Waals surface area (Å²) in [6.45, 7) is 1.91. The molecule has 13 heteroatoms. The van der Waals surface area contributed by atoms with Gasteiger partial charge in [0.25, 0.3) is 5.91 Å². The summed E-state index contributed by atoms with van der Waals surface area (Å²) < 4.78 is 69.8. The van der Waals surface area contributed by atoms with Crippen LogP contribution in [-0.2, 0) is 15.8 Å². The first-order chi connectivity index (χ1) is 22.2. The van der Waals surface area contributed by atoms with Gasteiger partial charge in [0.2, 0.25) is 11.5 Å². The highest BCUT2D eigenvalue weighted by Gasteiger charge is 2.58. The Labute approximate surface area is 267 Å². The van der Waals surface area contributed by atoms with Crippen molar-refractivity contribution in [2.24, 2.45) is 0 Å². The molecule has 1 saturated carbocycles. The molecule has 1 aliphatic carbocycles. The third-order valence-corrected chi connectivity index (χ3v) is 9.11. The van der Waals surface area contributed by atoms with Crippen molar-refractivity contribution in [1.29, 1.82) is 0 Å². The van der Waals surface area contributed by atoms with E-state index in [1.165, 1.54) is 37.6 Å². The van der Waals surface area contributed by atoms with Crippen LogP contribution in [-0.4, -0.2) is 58.9 Å². The van der Waals surface area contributed by atoms with Crippen LogP contribution in [0.5, 0.6) is 11.5 Å². The summed E-state index contributed by atoms with van der Waals surface area (Å²) in [5.74, 6) is -1.68. The molecule has 2 aromatic heterocycles. The van der Waals surface area contributed by atoms with Crippen molar-refractivity contribution in [3.8, 4) is 22.8 Å². The number of ether oxygens (including phenoxy) is 2. The molecule has 2 atom stereocenters. The van der Waals surface area contributed by atoms with E-state index < -0.39 is 52.6 Å². The maximum absolute atomic E-state index is 14.9. The van der Waals surface area contributed by atoms with Gasteiger partial charge in [0.1, 0.15) is 40.5 Å². The Balaban J connectivity index is 1.42. The molecule has 0 saturated heterocycles. The van der Waals surface area contributed by atoms with Gasteiger partial charge >= 0.3 is 6.18 Å². The SMILES string of the molecule is COc1cc(C(=O)NC[C@](O)(c2cc3c(c(-c4ccc(F)cc4)n2)OC[C@]3(C)C(=O)NC2(C)CCC2)C(F)(F)F)cc2cccnc12. The number of benzene rings is 2. The smallest absolute Gasteiger partial charge is 0.424 e. The number of halogens is 4. The van der Waals surface area contributed by atoms with Crippen LogP contribution in [0, 0.1) is 5.82 Å². The van der Waals surface area contributed by atoms with Crippen molar-refractivity contribution < 1.29 is 41.7 Å². The molecule has 2 amide bonds. The van der Waals surface area contributed by atoms with Crippen molar-refractivity contribution in [3.05, 3.63) is 83.4 Å². The van der Waals surface area contributed by atoms with Crippen molar-refractivity contribution >= 4 is 22.7 Å². The van der Waals surface area contributed by atoms with Gasteiger partial charge in [-0.2, -0.15) is 13.2 Å². The van der Waals surface area contributed by atoms with Crippen LogP contribution in [0.1, 0.15) is 54.7 Å². The van der Waals surface area contributed by atoms with E-state index in [0.717, 1.165) is 37.5 Å². The van der Waals surface area contributed by atoms with E-state index in [0.29, 0.717) is 10.9 Å². The number of hydrogen-bond donors (Lipinski definition) is 3. The minimum atomic E-state index is -5.34. The van der Waals surface area contributed by atoms with Gasteiger partial charge in [0.15, 0.2) is 0 Å². The van der Waals surface area contributed by atoms with Crippen molar-refractivity contribution in [3.63, 3.8) is 0 Å². The number of rotatable bonds is 8. The summed E-state index contributed by atoms with van der Waals surface area (Å²) in [5, 5.41) is 17.2. The first-order valence-electron chi connectivity index (χ1n) is 14.9. The number of fused-ring (bicyclic) bond motifs is 2. The number of aliphatic hydroxyl groups is 1. The Morgan fingerprint density at radius 3 is 2.45 bits per heavy atom. The second-order valence-electron chi connectivity index (χ2n) is 12.5. The van der Waals surface area contributed by atoms with Crippen molar-refractivity contribution in [2.45, 2.75) is 55.8 Å². The van der Waals surface area contributed by atoms with Crippen LogP contribution in [0.15, 0.2) is 60.8 Å². The van der Waals surface area contributed by atoms with Gasteiger partial charge in [-0.15, -0.1) is 0 Å². The van der Waals surface area contributed by atoms with E-state index in [9.17, 15) is 32.3 Å². The lowest BCUT2D eigenvalue weighted by Crippen LogP contribution is -2.56. The molecule has 1 aliphatic heterocycles. The molecule has 246 valence electrons. The fraction of sp³-hybridized carbons (Fsp3) is 0.353.